The summed E-state index contributed by atoms with van der Waals surface area (Å²) in [6, 6.07) is 4.95. The van der Waals surface area contributed by atoms with Crippen LogP contribution in [-0.4, -0.2) is 6.18 Å². The Morgan fingerprint density at radius 3 is 2.11 bits per heavy atom. The van der Waals surface area contributed by atoms with E-state index in [0.29, 0.717) is 6.08 Å². The molecule has 0 aliphatic carbocycles. The molecule has 0 aromatic heterocycles. The van der Waals surface area contributed by atoms with Gasteiger partial charge in [-0.25, -0.2) is 0 Å². The Bertz CT molecular complexity index is 531. The highest BCUT2D eigenvalue weighted by atomic mass is 19.4. The molecule has 0 heterocycles. The van der Waals surface area contributed by atoms with Gasteiger partial charge in [0.05, 0.1) is 30.2 Å². The van der Waals surface area contributed by atoms with Crippen LogP contribution in [0.25, 0.3) is 0 Å². The standard InChI is InChI=1S/C12H8F3N3/c1-8(6-17)11(3-4-16)10(7-18)5-9(2)12(13,14)15/h5H,2-3H2,1H3/b10-5-,11-8+. The van der Waals surface area contributed by atoms with E-state index in [1.165, 1.54) is 6.92 Å². The average molecular weight is 251 g/mol. The molecule has 0 fully saturated rings. The second-order valence-electron chi connectivity index (χ2n) is 3.24. The van der Waals surface area contributed by atoms with Gasteiger partial charge >= 0.3 is 6.18 Å². The van der Waals surface area contributed by atoms with E-state index in [9.17, 15) is 13.2 Å². The van der Waals surface area contributed by atoms with Crippen molar-refractivity contribution in [2.75, 3.05) is 0 Å². The Hall–Kier alpha value is -2.52. The van der Waals surface area contributed by atoms with Crippen molar-refractivity contribution in [3.8, 4) is 18.2 Å². The van der Waals surface area contributed by atoms with Crippen LogP contribution in [0.2, 0.25) is 0 Å². The molecule has 0 unspecified atom stereocenters. The van der Waals surface area contributed by atoms with Gasteiger partial charge in [0.2, 0.25) is 0 Å². The molecular formula is C12H8F3N3. The average Bonchev–Trinajstić information content (AvgIpc) is 2.31. The summed E-state index contributed by atoms with van der Waals surface area (Å²) in [6.45, 7) is 4.13. The summed E-state index contributed by atoms with van der Waals surface area (Å²) >= 11 is 0. The van der Waals surface area contributed by atoms with Gasteiger partial charge in [-0.15, -0.1) is 0 Å². The zero-order valence-corrected chi connectivity index (χ0v) is 9.47. The van der Waals surface area contributed by atoms with Crippen molar-refractivity contribution in [2.45, 2.75) is 19.5 Å². The maximum atomic E-state index is 12.3. The Kier molecular flexibility index (Phi) is 5.39. The number of hydrogen-bond acceptors (Lipinski definition) is 3. The lowest BCUT2D eigenvalue weighted by Crippen LogP contribution is -2.09. The van der Waals surface area contributed by atoms with Crippen LogP contribution in [0.5, 0.6) is 0 Å². The van der Waals surface area contributed by atoms with Gasteiger partial charge in [-0.2, -0.15) is 29.0 Å². The van der Waals surface area contributed by atoms with Crippen LogP contribution in [0.1, 0.15) is 13.3 Å². The van der Waals surface area contributed by atoms with E-state index in [2.05, 4.69) is 6.58 Å². The van der Waals surface area contributed by atoms with Gasteiger partial charge in [0.25, 0.3) is 0 Å². The highest BCUT2D eigenvalue weighted by molar-refractivity contribution is 5.52. The van der Waals surface area contributed by atoms with Crippen molar-refractivity contribution in [3.63, 3.8) is 0 Å². The minimum absolute atomic E-state index is 0.0205. The second-order valence-corrected chi connectivity index (χ2v) is 3.24. The molecule has 0 aromatic rings. The van der Waals surface area contributed by atoms with Gasteiger partial charge in [-0.05, 0) is 18.6 Å². The van der Waals surface area contributed by atoms with Gasteiger partial charge in [-0.3, -0.25) is 0 Å². The molecule has 0 aliphatic heterocycles. The van der Waals surface area contributed by atoms with Gasteiger partial charge in [0.15, 0.2) is 0 Å². The molecule has 0 amide bonds. The van der Waals surface area contributed by atoms with Crippen LogP contribution in [0.3, 0.4) is 0 Å². The number of allylic oxidation sites excluding steroid dienone is 5. The molecule has 18 heavy (non-hydrogen) atoms. The molecule has 92 valence electrons. The number of alkyl halides is 3. The number of nitrogens with zero attached hydrogens (tertiary/aromatic N) is 3. The SMILES string of the molecule is C=C(/C=C(C#N)\C(CC#N)=C(/C)C#N)C(F)(F)F. The van der Waals surface area contributed by atoms with Gasteiger partial charge in [-0.1, -0.05) is 6.58 Å². The zero-order chi connectivity index (χ0) is 14.3. The summed E-state index contributed by atoms with van der Waals surface area (Å²) in [6.07, 6.45) is -4.43. The molecule has 0 rings (SSSR count). The smallest absolute Gasteiger partial charge is 0.198 e. The van der Waals surface area contributed by atoms with Crippen LogP contribution >= 0.6 is 0 Å². The van der Waals surface area contributed by atoms with Crippen LogP contribution in [0, 0.1) is 34.0 Å². The minimum Gasteiger partial charge on any atom is -0.198 e. The monoisotopic (exact) mass is 251 g/mol. The lowest BCUT2D eigenvalue weighted by atomic mass is 9.97. The number of hydrogen-bond donors (Lipinski definition) is 0. The van der Waals surface area contributed by atoms with Gasteiger partial charge in [0, 0.05) is 11.1 Å². The number of nitriles is 3. The molecule has 6 heteroatoms. The van der Waals surface area contributed by atoms with Crippen molar-refractivity contribution in [2.24, 2.45) is 0 Å². The molecule has 0 saturated heterocycles. The Labute approximate surface area is 102 Å². The van der Waals surface area contributed by atoms with Crippen molar-refractivity contribution in [1.29, 1.82) is 15.8 Å². The van der Waals surface area contributed by atoms with Crippen molar-refractivity contribution in [3.05, 3.63) is 34.9 Å². The normalized spacial score (nSPS) is 12.8. The van der Waals surface area contributed by atoms with E-state index in [1.54, 1.807) is 18.2 Å². The number of rotatable bonds is 3. The first-order valence-corrected chi connectivity index (χ1v) is 4.63. The van der Waals surface area contributed by atoms with E-state index >= 15 is 0 Å². The highest BCUT2D eigenvalue weighted by Crippen LogP contribution is 2.28. The van der Waals surface area contributed by atoms with Gasteiger partial charge < -0.3 is 0 Å². The van der Waals surface area contributed by atoms with Crippen LogP contribution in [-0.2, 0) is 0 Å². The molecule has 0 N–H and O–H groups in total. The second kappa shape index (κ2) is 6.27. The van der Waals surface area contributed by atoms with Crippen LogP contribution in [0.15, 0.2) is 34.9 Å². The largest absolute Gasteiger partial charge is 0.415 e. The predicted octanol–water partition coefficient (Wildman–Crippen LogP) is 3.31. The fraction of sp³-hybridized carbons (Fsp3) is 0.250. The van der Waals surface area contributed by atoms with E-state index in [4.69, 9.17) is 15.8 Å². The topological polar surface area (TPSA) is 71.4 Å². The third-order valence-electron chi connectivity index (χ3n) is 2.00. The maximum Gasteiger partial charge on any atom is 0.415 e. The summed E-state index contributed by atoms with van der Waals surface area (Å²) in [7, 11) is 0. The quantitative estimate of drug-likeness (QED) is 0.570. The Balaban J connectivity index is 5.68. The molecular weight excluding hydrogens is 243 g/mol. The van der Waals surface area contributed by atoms with Crippen molar-refractivity contribution >= 4 is 0 Å². The molecule has 0 atom stereocenters. The minimum atomic E-state index is -4.65. The van der Waals surface area contributed by atoms with E-state index in [1.807, 2.05) is 0 Å². The number of halogens is 3. The molecule has 0 bridgehead atoms. The Morgan fingerprint density at radius 1 is 1.22 bits per heavy atom. The molecule has 0 saturated carbocycles. The summed E-state index contributed by atoms with van der Waals surface area (Å²) in [5.41, 5.74) is -1.58. The predicted molar refractivity (Wildman–Crippen MR) is 57.4 cm³/mol. The fourth-order valence-corrected chi connectivity index (χ4v) is 1.02. The third kappa shape index (κ3) is 4.15. The van der Waals surface area contributed by atoms with E-state index in [-0.39, 0.29) is 23.1 Å². The lowest BCUT2D eigenvalue weighted by molar-refractivity contribution is -0.0878. The van der Waals surface area contributed by atoms with Gasteiger partial charge in [0.1, 0.15) is 0 Å². The van der Waals surface area contributed by atoms with Crippen molar-refractivity contribution in [1.82, 2.24) is 0 Å². The Morgan fingerprint density at radius 2 is 1.78 bits per heavy atom. The van der Waals surface area contributed by atoms with Crippen molar-refractivity contribution < 1.29 is 13.2 Å². The first-order valence-electron chi connectivity index (χ1n) is 4.63. The molecule has 0 spiro atoms. The molecule has 0 aromatic carbocycles. The summed E-state index contributed by atoms with van der Waals surface area (Å²) < 4.78 is 36.8. The highest BCUT2D eigenvalue weighted by Gasteiger charge is 2.31. The third-order valence-corrected chi connectivity index (χ3v) is 2.00. The lowest BCUT2D eigenvalue weighted by Gasteiger charge is -2.07. The summed E-state index contributed by atoms with van der Waals surface area (Å²) in [5.74, 6) is 0. The van der Waals surface area contributed by atoms with Crippen LogP contribution in [0.4, 0.5) is 13.2 Å². The summed E-state index contributed by atoms with van der Waals surface area (Å²) in [4.78, 5) is 0. The fourth-order valence-electron chi connectivity index (χ4n) is 1.02. The molecule has 3 nitrogen and oxygen atoms in total. The zero-order valence-electron chi connectivity index (χ0n) is 9.47. The molecule has 0 radical (unpaired) electrons. The molecule has 0 aliphatic rings. The van der Waals surface area contributed by atoms with Crippen LogP contribution < -0.4 is 0 Å². The van der Waals surface area contributed by atoms with E-state index < -0.39 is 11.7 Å². The first-order chi connectivity index (χ1) is 8.27. The maximum absolute atomic E-state index is 12.3. The first kappa shape index (κ1) is 15.5. The summed E-state index contributed by atoms with van der Waals surface area (Å²) in [5, 5.41) is 26.0. The van der Waals surface area contributed by atoms with E-state index in [0.717, 1.165) is 0 Å².